The molecule has 0 saturated heterocycles. The highest BCUT2D eigenvalue weighted by Crippen LogP contribution is 2.25. The van der Waals surface area contributed by atoms with E-state index in [2.05, 4.69) is 0 Å². The van der Waals surface area contributed by atoms with Crippen molar-refractivity contribution in [1.82, 2.24) is 0 Å². The molecule has 106 valence electrons. The summed E-state index contributed by atoms with van der Waals surface area (Å²) in [4.78, 5) is 0. The summed E-state index contributed by atoms with van der Waals surface area (Å²) >= 11 is 11.8. The smallest absolute Gasteiger partial charge is 0.165 e. The van der Waals surface area contributed by atoms with Gasteiger partial charge in [-0.15, -0.1) is 0 Å². The third-order valence-corrected chi connectivity index (χ3v) is 3.47. The summed E-state index contributed by atoms with van der Waals surface area (Å²) in [5.41, 5.74) is 7.16. The van der Waals surface area contributed by atoms with E-state index >= 15 is 0 Å². The van der Waals surface area contributed by atoms with E-state index < -0.39 is 5.82 Å². The number of halogens is 3. The monoisotopic (exact) mass is 313 g/mol. The minimum atomic E-state index is -0.440. The van der Waals surface area contributed by atoms with Crippen molar-refractivity contribution in [2.75, 3.05) is 0 Å². The van der Waals surface area contributed by atoms with Crippen molar-refractivity contribution in [3.05, 3.63) is 63.4 Å². The molecule has 2 rings (SSSR count). The standard InChI is InChI=1S/C15H14Cl2FNO/c1-9(19)10-3-5-15(14(18)6-10)20-8-11-2-4-12(16)7-13(11)17/h2-7,9H,8,19H2,1H3/t9-/m0/s1. The summed E-state index contributed by atoms with van der Waals surface area (Å²) in [5.74, 6) is -0.273. The van der Waals surface area contributed by atoms with Gasteiger partial charge in [-0.3, -0.25) is 0 Å². The van der Waals surface area contributed by atoms with Crippen LogP contribution in [0.3, 0.4) is 0 Å². The number of ether oxygens (including phenoxy) is 1. The van der Waals surface area contributed by atoms with Crippen LogP contribution in [0.5, 0.6) is 5.75 Å². The second kappa shape index (κ2) is 6.44. The first kappa shape index (κ1) is 15.1. The summed E-state index contributed by atoms with van der Waals surface area (Å²) in [6, 6.07) is 9.55. The van der Waals surface area contributed by atoms with Crippen molar-refractivity contribution in [3.63, 3.8) is 0 Å². The second-order valence-corrected chi connectivity index (χ2v) is 5.35. The molecule has 0 fully saturated rings. The van der Waals surface area contributed by atoms with Crippen LogP contribution in [0, 0.1) is 5.82 Å². The fourth-order valence-electron chi connectivity index (χ4n) is 1.71. The molecule has 2 N–H and O–H groups in total. The Hall–Kier alpha value is -1.29. The molecule has 0 aliphatic rings. The van der Waals surface area contributed by atoms with Crippen LogP contribution in [0.15, 0.2) is 36.4 Å². The van der Waals surface area contributed by atoms with Crippen molar-refractivity contribution in [1.29, 1.82) is 0 Å². The molecule has 0 heterocycles. The van der Waals surface area contributed by atoms with Crippen molar-refractivity contribution in [3.8, 4) is 5.75 Å². The van der Waals surface area contributed by atoms with E-state index in [9.17, 15) is 4.39 Å². The number of benzene rings is 2. The zero-order chi connectivity index (χ0) is 14.7. The summed E-state index contributed by atoms with van der Waals surface area (Å²) in [6.45, 7) is 1.97. The molecule has 0 bridgehead atoms. The molecule has 0 aromatic heterocycles. The van der Waals surface area contributed by atoms with Crippen LogP contribution in [0.2, 0.25) is 10.0 Å². The van der Waals surface area contributed by atoms with Crippen LogP contribution in [0.25, 0.3) is 0 Å². The van der Waals surface area contributed by atoms with Crippen molar-refractivity contribution in [2.45, 2.75) is 19.6 Å². The average molecular weight is 314 g/mol. The Morgan fingerprint density at radius 2 is 1.95 bits per heavy atom. The highest BCUT2D eigenvalue weighted by Gasteiger charge is 2.09. The van der Waals surface area contributed by atoms with E-state index in [1.54, 1.807) is 37.3 Å². The Morgan fingerprint density at radius 1 is 1.20 bits per heavy atom. The molecule has 2 nitrogen and oxygen atoms in total. The van der Waals surface area contributed by atoms with E-state index in [4.69, 9.17) is 33.7 Å². The Morgan fingerprint density at radius 3 is 2.55 bits per heavy atom. The van der Waals surface area contributed by atoms with Crippen LogP contribution in [0.1, 0.15) is 24.1 Å². The maximum absolute atomic E-state index is 13.8. The van der Waals surface area contributed by atoms with Gasteiger partial charge in [0.15, 0.2) is 11.6 Å². The fourth-order valence-corrected chi connectivity index (χ4v) is 2.17. The maximum Gasteiger partial charge on any atom is 0.165 e. The molecule has 0 unspecified atom stereocenters. The lowest BCUT2D eigenvalue weighted by Gasteiger charge is -2.11. The molecule has 0 aliphatic heterocycles. The van der Waals surface area contributed by atoms with Gasteiger partial charge in [0, 0.05) is 21.7 Å². The summed E-state index contributed by atoms with van der Waals surface area (Å²) in [5, 5.41) is 1.04. The molecular weight excluding hydrogens is 300 g/mol. The minimum Gasteiger partial charge on any atom is -0.486 e. The summed E-state index contributed by atoms with van der Waals surface area (Å²) in [6.07, 6.45) is 0. The molecule has 2 aromatic carbocycles. The van der Waals surface area contributed by atoms with Gasteiger partial charge in [-0.25, -0.2) is 4.39 Å². The lowest BCUT2D eigenvalue weighted by molar-refractivity contribution is 0.290. The van der Waals surface area contributed by atoms with Gasteiger partial charge in [0.25, 0.3) is 0 Å². The van der Waals surface area contributed by atoms with Crippen LogP contribution in [-0.4, -0.2) is 0 Å². The molecule has 2 aromatic rings. The highest BCUT2D eigenvalue weighted by atomic mass is 35.5. The van der Waals surface area contributed by atoms with E-state index in [-0.39, 0.29) is 18.4 Å². The molecule has 0 aliphatic carbocycles. The molecule has 5 heteroatoms. The first-order chi connectivity index (χ1) is 9.47. The molecule has 0 amide bonds. The largest absolute Gasteiger partial charge is 0.486 e. The van der Waals surface area contributed by atoms with Gasteiger partial charge in [-0.1, -0.05) is 35.3 Å². The third-order valence-electron chi connectivity index (χ3n) is 2.88. The van der Waals surface area contributed by atoms with E-state index in [1.807, 2.05) is 0 Å². The quantitative estimate of drug-likeness (QED) is 0.885. The van der Waals surface area contributed by atoms with Gasteiger partial charge in [0.1, 0.15) is 6.61 Å². The van der Waals surface area contributed by atoms with Crippen LogP contribution in [-0.2, 0) is 6.61 Å². The maximum atomic E-state index is 13.8. The Kier molecular flexibility index (Phi) is 4.86. The molecule has 0 radical (unpaired) electrons. The lowest BCUT2D eigenvalue weighted by atomic mass is 10.1. The third kappa shape index (κ3) is 3.63. The van der Waals surface area contributed by atoms with E-state index in [1.165, 1.54) is 6.07 Å². The van der Waals surface area contributed by atoms with Gasteiger partial charge in [0.05, 0.1) is 0 Å². The first-order valence-corrected chi connectivity index (χ1v) is 6.84. The van der Waals surface area contributed by atoms with Crippen LogP contribution in [0.4, 0.5) is 4.39 Å². The predicted molar refractivity (Wildman–Crippen MR) is 79.8 cm³/mol. The van der Waals surface area contributed by atoms with Crippen molar-refractivity contribution >= 4 is 23.2 Å². The average Bonchev–Trinajstić information content (AvgIpc) is 2.38. The normalized spacial score (nSPS) is 12.2. The zero-order valence-corrected chi connectivity index (χ0v) is 12.4. The Balaban J connectivity index is 2.11. The Labute approximate surface area is 127 Å². The number of hydrogen-bond donors (Lipinski definition) is 1. The highest BCUT2D eigenvalue weighted by molar-refractivity contribution is 6.35. The van der Waals surface area contributed by atoms with E-state index in [0.717, 1.165) is 11.1 Å². The van der Waals surface area contributed by atoms with Crippen LogP contribution >= 0.6 is 23.2 Å². The van der Waals surface area contributed by atoms with Gasteiger partial charge < -0.3 is 10.5 Å². The molecule has 1 atom stereocenters. The topological polar surface area (TPSA) is 35.2 Å². The lowest BCUT2D eigenvalue weighted by Crippen LogP contribution is -2.06. The van der Waals surface area contributed by atoms with E-state index in [0.29, 0.717) is 10.0 Å². The summed E-state index contributed by atoms with van der Waals surface area (Å²) < 4.78 is 19.3. The number of hydrogen-bond acceptors (Lipinski definition) is 2. The number of nitrogens with two attached hydrogens (primary N) is 1. The minimum absolute atomic E-state index is 0.167. The fraction of sp³-hybridized carbons (Fsp3) is 0.200. The molecular formula is C15H14Cl2FNO. The number of rotatable bonds is 4. The van der Waals surface area contributed by atoms with Gasteiger partial charge in [0.2, 0.25) is 0 Å². The zero-order valence-electron chi connectivity index (χ0n) is 10.9. The Bertz CT molecular complexity index is 617. The summed E-state index contributed by atoms with van der Waals surface area (Å²) in [7, 11) is 0. The van der Waals surface area contributed by atoms with Gasteiger partial charge in [-0.05, 0) is 36.8 Å². The van der Waals surface area contributed by atoms with Gasteiger partial charge in [-0.2, -0.15) is 0 Å². The second-order valence-electron chi connectivity index (χ2n) is 4.50. The van der Waals surface area contributed by atoms with Crippen molar-refractivity contribution in [2.24, 2.45) is 5.73 Å². The molecule has 0 spiro atoms. The van der Waals surface area contributed by atoms with Gasteiger partial charge >= 0.3 is 0 Å². The van der Waals surface area contributed by atoms with Crippen LogP contribution < -0.4 is 10.5 Å². The predicted octanol–water partition coefficient (Wildman–Crippen LogP) is 4.73. The molecule has 20 heavy (non-hydrogen) atoms. The van der Waals surface area contributed by atoms with Crippen molar-refractivity contribution < 1.29 is 9.13 Å². The molecule has 0 saturated carbocycles. The SMILES string of the molecule is C[C@H](N)c1ccc(OCc2ccc(Cl)cc2Cl)c(F)c1. The first-order valence-electron chi connectivity index (χ1n) is 6.09.